The third-order valence-electron chi connectivity index (χ3n) is 3.78. The molecule has 0 atom stereocenters. The highest BCUT2D eigenvalue weighted by Gasteiger charge is 2.15. The predicted octanol–water partition coefficient (Wildman–Crippen LogP) is 1.96. The molecule has 0 aliphatic carbocycles. The van der Waals surface area contributed by atoms with Crippen LogP contribution in [0.4, 0.5) is 0 Å². The van der Waals surface area contributed by atoms with Crippen molar-refractivity contribution in [3.8, 4) is 5.75 Å². The Morgan fingerprint density at radius 1 is 1.21 bits per heavy atom. The first-order chi connectivity index (χ1) is 11.6. The number of amides is 1. The topological polar surface area (TPSA) is 57.2 Å². The van der Waals surface area contributed by atoms with Gasteiger partial charge in [0.2, 0.25) is 5.91 Å². The van der Waals surface area contributed by atoms with Gasteiger partial charge in [-0.1, -0.05) is 18.2 Å². The Hall–Kier alpha value is -2.24. The standard InChI is InChI=1S/C18H30N4O2/c1-6-19-18(21(4)14-17(23)22(7-2)8-3)20-13-15-11-9-10-12-16(15)24-5/h9-12H,6-8,13-14H2,1-5H3,(H,19,20). The average molecular weight is 334 g/mol. The Morgan fingerprint density at radius 3 is 2.46 bits per heavy atom. The van der Waals surface area contributed by atoms with Crippen LogP contribution in [0.1, 0.15) is 26.3 Å². The van der Waals surface area contributed by atoms with Crippen molar-refractivity contribution in [2.45, 2.75) is 27.3 Å². The van der Waals surface area contributed by atoms with Crippen LogP contribution in [0.25, 0.3) is 0 Å². The summed E-state index contributed by atoms with van der Waals surface area (Å²) in [5.41, 5.74) is 1.01. The Balaban J connectivity index is 2.82. The maximum Gasteiger partial charge on any atom is 0.242 e. The summed E-state index contributed by atoms with van der Waals surface area (Å²) in [7, 11) is 3.54. The molecule has 0 saturated heterocycles. The lowest BCUT2D eigenvalue weighted by Crippen LogP contribution is -2.45. The lowest BCUT2D eigenvalue weighted by molar-refractivity contribution is -0.131. The summed E-state index contributed by atoms with van der Waals surface area (Å²) in [5.74, 6) is 1.63. The normalized spacial score (nSPS) is 11.1. The van der Waals surface area contributed by atoms with Gasteiger partial charge in [-0.15, -0.1) is 0 Å². The molecule has 1 N–H and O–H groups in total. The second-order valence-electron chi connectivity index (χ2n) is 5.40. The van der Waals surface area contributed by atoms with Gasteiger partial charge in [-0.25, -0.2) is 4.99 Å². The van der Waals surface area contributed by atoms with Crippen molar-refractivity contribution in [2.75, 3.05) is 40.3 Å². The van der Waals surface area contributed by atoms with Gasteiger partial charge < -0.3 is 19.9 Å². The highest BCUT2D eigenvalue weighted by atomic mass is 16.5. The zero-order valence-corrected chi connectivity index (χ0v) is 15.5. The van der Waals surface area contributed by atoms with E-state index < -0.39 is 0 Å². The van der Waals surface area contributed by atoms with Crippen LogP contribution in [0.5, 0.6) is 5.75 Å². The van der Waals surface area contributed by atoms with Crippen molar-refractivity contribution in [1.29, 1.82) is 0 Å². The van der Waals surface area contributed by atoms with E-state index in [0.29, 0.717) is 19.0 Å². The van der Waals surface area contributed by atoms with Gasteiger partial charge in [0.05, 0.1) is 20.2 Å². The minimum Gasteiger partial charge on any atom is -0.496 e. The number of likely N-dealkylation sites (N-methyl/N-ethyl adjacent to an activating group) is 2. The molecule has 0 aliphatic rings. The minimum atomic E-state index is 0.102. The highest BCUT2D eigenvalue weighted by Crippen LogP contribution is 2.18. The Morgan fingerprint density at radius 2 is 1.88 bits per heavy atom. The fourth-order valence-corrected chi connectivity index (χ4v) is 2.42. The van der Waals surface area contributed by atoms with Crippen molar-refractivity contribution >= 4 is 11.9 Å². The van der Waals surface area contributed by atoms with Gasteiger partial charge in [0.15, 0.2) is 5.96 Å². The van der Waals surface area contributed by atoms with E-state index >= 15 is 0 Å². The number of para-hydroxylation sites is 1. The van der Waals surface area contributed by atoms with Gasteiger partial charge in [-0.2, -0.15) is 0 Å². The predicted molar refractivity (Wildman–Crippen MR) is 98.4 cm³/mol. The number of hydrogen-bond acceptors (Lipinski definition) is 3. The van der Waals surface area contributed by atoms with E-state index in [-0.39, 0.29) is 5.91 Å². The van der Waals surface area contributed by atoms with Crippen LogP contribution in [0.15, 0.2) is 29.3 Å². The monoisotopic (exact) mass is 334 g/mol. The van der Waals surface area contributed by atoms with E-state index in [9.17, 15) is 4.79 Å². The van der Waals surface area contributed by atoms with Crippen molar-refractivity contribution in [3.63, 3.8) is 0 Å². The molecular formula is C18H30N4O2. The molecule has 6 nitrogen and oxygen atoms in total. The molecule has 0 aliphatic heterocycles. The molecule has 1 rings (SSSR count). The van der Waals surface area contributed by atoms with Gasteiger partial charge in [0.25, 0.3) is 0 Å². The number of carbonyl (C=O) groups excluding carboxylic acids is 1. The quantitative estimate of drug-likeness (QED) is 0.583. The number of methoxy groups -OCH3 is 1. The molecule has 24 heavy (non-hydrogen) atoms. The summed E-state index contributed by atoms with van der Waals surface area (Å²) in [6, 6.07) is 7.82. The number of rotatable bonds is 8. The van der Waals surface area contributed by atoms with E-state index in [4.69, 9.17) is 4.74 Å². The molecule has 0 bridgehead atoms. The molecule has 0 aromatic heterocycles. The summed E-state index contributed by atoms with van der Waals surface area (Å²) in [5, 5.41) is 3.23. The number of nitrogens with one attached hydrogen (secondary N) is 1. The Kier molecular flexibility index (Phi) is 8.68. The molecule has 0 spiro atoms. The molecule has 0 radical (unpaired) electrons. The minimum absolute atomic E-state index is 0.102. The van der Waals surface area contributed by atoms with Gasteiger partial charge >= 0.3 is 0 Å². The van der Waals surface area contributed by atoms with Crippen LogP contribution in [0, 0.1) is 0 Å². The van der Waals surface area contributed by atoms with Gasteiger partial charge in [-0.05, 0) is 26.8 Å². The number of carbonyl (C=O) groups is 1. The van der Waals surface area contributed by atoms with Crippen molar-refractivity contribution in [3.05, 3.63) is 29.8 Å². The summed E-state index contributed by atoms with van der Waals surface area (Å²) >= 11 is 0. The number of guanidine groups is 1. The summed E-state index contributed by atoms with van der Waals surface area (Å²) in [6.45, 7) is 8.98. The molecule has 0 heterocycles. The molecule has 0 saturated carbocycles. The van der Waals surface area contributed by atoms with E-state index in [1.54, 1.807) is 7.11 Å². The fourth-order valence-electron chi connectivity index (χ4n) is 2.42. The SMILES string of the molecule is CCNC(=NCc1ccccc1OC)N(C)CC(=O)N(CC)CC. The number of hydrogen-bond donors (Lipinski definition) is 1. The molecule has 6 heteroatoms. The van der Waals surface area contributed by atoms with E-state index in [1.807, 2.05) is 61.9 Å². The second kappa shape index (κ2) is 10.5. The van der Waals surface area contributed by atoms with Gasteiger partial charge in [0, 0.05) is 32.2 Å². The first-order valence-electron chi connectivity index (χ1n) is 8.46. The van der Waals surface area contributed by atoms with Crippen molar-refractivity contribution < 1.29 is 9.53 Å². The maximum atomic E-state index is 12.3. The molecule has 0 fully saturated rings. The third kappa shape index (κ3) is 5.76. The molecule has 134 valence electrons. The zero-order valence-electron chi connectivity index (χ0n) is 15.5. The zero-order chi connectivity index (χ0) is 17.9. The van der Waals surface area contributed by atoms with Crippen LogP contribution in [0.2, 0.25) is 0 Å². The molecule has 1 aromatic rings. The summed E-state index contributed by atoms with van der Waals surface area (Å²) in [6.07, 6.45) is 0. The largest absolute Gasteiger partial charge is 0.496 e. The van der Waals surface area contributed by atoms with E-state index in [1.165, 1.54) is 0 Å². The molecular weight excluding hydrogens is 304 g/mol. The summed E-state index contributed by atoms with van der Waals surface area (Å²) in [4.78, 5) is 20.6. The van der Waals surface area contributed by atoms with Crippen molar-refractivity contribution in [1.82, 2.24) is 15.1 Å². The second-order valence-corrected chi connectivity index (χ2v) is 5.40. The maximum absolute atomic E-state index is 12.3. The Bertz CT molecular complexity index is 542. The molecule has 1 amide bonds. The Labute approximate surface area is 145 Å². The van der Waals surface area contributed by atoms with Gasteiger partial charge in [-0.3, -0.25) is 4.79 Å². The van der Waals surface area contributed by atoms with E-state index in [2.05, 4.69) is 10.3 Å². The van der Waals surface area contributed by atoms with Crippen LogP contribution in [-0.4, -0.2) is 62.0 Å². The summed E-state index contributed by atoms with van der Waals surface area (Å²) < 4.78 is 5.36. The van der Waals surface area contributed by atoms with Gasteiger partial charge in [0.1, 0.15) is 5.75 Å². The number of nitrogens with zero attached hydrogens (tertiary/aromatic N) is 3. The number of aliphatic imine (C=N–C) groups is 1. The average Bonchev–Trinajstić information content (AvgIpc) is 2.59. The lowest BCUT2D eigenvalue weighted by Gasteiger charge is -2.25. The lowest BCUT2D eigenvalue weighted by atomic mass is 10.2. The first kappa shape index (κ1) is 19.8. The fraction of sp³-hybridized carbons (Fsp3) is 0.556. The van der Waals surface area contributed by atoms with E-state index in [0.717, 1.165) is 30.9 Å². The molecule has 0 unspecified atom stereocenters. The van der Waals surface area contributed by atoms with Crippen LogP contribution in [-0.2, 0) is 11.3 Å². The first-order valence-corrected chi connectivity index (χ1v) is 8.46. The van der Waals surface area contributed by atoms with Crippen LogP contribution >= 0.6 is 0 Å². The number of ether oxygens (including phenoxy) is 1. The third-order valence-corrected chi connectivity index (χ3v) is 3.78. The van der Waals surface area contributed by atoms with Crippen molar-refractivity contribution in [2.24, 2.45) is 4.99 Å². The highest BCUT2D eigenvalue weighted by molar-refractivity contribution is 5.86. The molecule has 1 aromatic carbocycles. The number of benzene rings is 1. The smallest absolute Gasteiger partial charge is 0.242 e. The van der Waals surface area contributed by atoms with Crippen LogP contribution in [0.3, 0.4) is 0 Å². The van der Waals surface area contributed by atoms with Crippen LogP contribution < -0.4 is 10.1 Å².